The molecule has 0 bridgehead atoms. The molecule has 0 aliphatic heterocycles. The molecule has 0 fully saturated rings. The van der Waals surface area contributed by atoms with Crippen LogP contribution in [0.3, 0.4) is 0 Å². The van der Waals surface area contributed by atoms with Gasteiger partial charge < -0.3 is 0 Å². The predicted octanol–water partition coefficient (Wildman–Crippen LogP) is 2.54. The van der Waals surface area contributed by atoms with Crippen LogP contribution in [0.25, 0.3) is 0 Å². The van der Waals surface area contributed by atoms with Gasteiger partial charge in [-0.25, -0.2) is 0 Å². The van der Waals surface area contributed by atoms with Gasteiger partial charge in [0.25, 0.3) is 14.1 Å². The maximum absolute atomic E-state index is 2.32. The van der Waals surface area contributed by atoms with Gasteiger partial charge in [-0.2, -0.15) is 0 Å². The highest BCUT2D eigenvalue weighted by Gasteiger charge is 2.05. The van der Waals surface area contributed by atoms with E-state index >= 15 is 0 Å². The minimum Gasteiger partial charge on any atom is -0.0967 e. The average molecular weight is 98.2 g/mol. The fourth-order valence-electron chi connectivity index (χ4n) is 0.866. The Labute approximate surface area is 51.3 Å². The van der Waals surface area contributed by atoms with Crippen LogP contribution in [0.4, 0.5) is 0 Å². The molecule has 42 valence electrons. The first kappa shape index (κ1) is 7.53. The van der Waals surface area contributed by atoms with Crippen LogP contribution in [0.5, 0.6) is 0 Å². The summed E-state index contributed by atoms with van der Waals surface area (Å²) in [5, 5.41) is 4.48. The molecule has 0 heterocycles. The van der Waals surface area contributed by atoms with Gasteiger partial charge in [-0.05, 0) is 0 Å². The summed E-state index contributed by atoms with van der Waals surface area (Å²) >= 11 is -0.171. The van der Waals surface area contributed by atoms with Crippen LogP contribution < -0.4 is 0 Å². The second kappa shape index (κ2) is 4.69. The summed E-state index contributed by atoms with van der Waals surface area (Å²) in [6.45, 7) is 6.97. The highest BCUT2D eigenvalue weighted by atomic mass is 13.7. The van der Waals surface area contributed by atoms with Crippen LogP contribution in [0.15, 0.2) is 0 Å². The Bertz CT molecular complexity index is 25.7. The fourth-order valence-corrected chi connectivity index (χ4v) is 2.60. The maximum Gasteiger partial charge on any atom is 0.261 e. The second-order valence-electron chi connectivity index (χ2n) is 2.09. The van der Waals surface area contributed by atoms with Crippen molar-refractivity contribution in [2.45, 2.75) is 36.6 Å². The monoisotopic (exact) mass is 98.1 g/mol. The van der Waals surface area contributed by atoms with E-state index in [2.05, 4.69) is 20.8 Å². The van der Waals surface area contributed by atoms with E-state index in [0.717, 1.165) is 0 Å². The molecule has 0 N–H and O–H groups in total. The lowest BCUT2D eigenvalue weighted by Gasteiger charge is -1.97. The molecule has 0 aromatic heterocycles. The SMILES string of the molecule is C[CH2][11Al]([CH2]C)[CH2]C. The highest BCUT2D eigenvalue weighted by Crippen LogP contribution is 2.01. The van der Waals surface area contributed by atoms with Crippen LogP contribution in [-0.2, 0) is 0 Å². The molecule has 0 nitrogen and oxygen atoms in total. The summed E-state index contributed by atoms with van der Waals surface area (Å²) in [7, 11) is 0. The van der Waals surface area contributed by atoms with Crippen LogP contribution >= 0.6 is 0 Å². The van der Waals surface area contributed by atoms with E-state index in [1.165, 1.54) is 15.8 Å². The molecule has 0 aromatic rings. The fraction of sp³-hybridized carbons (Fsp3) is 1.00. The number of hydrogen-bond acceptors (Lipinski definition) is 0. The van der Waals surface area contributed by atoms with Crippen molar-refractivity contribution in [1.82, 2.24) is 0 Å². The molecule has 0 aliphatic rings. The smallest absolute Gasteiger partial charge is 0.0967 e. The van der Waals surface area contributed by atoms with Crippen molar-refractivity contribution in [3.05, 3.63) is 0 Å². The zero-order valence-electron chi connectivity index (χ0n) is 5.70. The van der Waals surface area contributed by atoms with Crippen LogP contribution in [-0.4, -0.2) is 14.1 Å². The van der Waals surface area contributed by atoms with Gasteiger partial charge in [0.1, 0.15) is 0 Å². The molecular weight excluding hydrogens is 83.1 g/mol. The molecule has 0 saturated heterocycles. The van der Waals surface area contributed by atoms with Crippen molar-refractivity contribution in [3.8, 4) is 0 Å². The Balaban J connectivity index is 2.99. The van der Waals surface area contributed by atoms with Gasteiger partial charge in [-0.3, -0.25) is 0 Å². The van der Waals surface area contributed by atoms with Gasteiger partial charge >= 0.3 is 0 Å². The second-order valence-corrected chi connectivity index (χ2v) is 6.27. The molecule has 0 amide bonds. The van der Waals surface area contributed by atoms with E-state index in [1.54, 1.807) is 0 Å². The zero-order chi connectivity index (χ0) is 5.70. The third kappa shape index (κ3) is 3.14. The highest BCUT2D eigenvalue weighted by molar-refractivity contribution is 6.58. The molecule has 1 heteroatoms. The van der Waals surface area contributed by atoms with Crippen molar-refractivity contribution in [1.29, 1.82) is 0 Å². The van der Waals surface area contributed by atoms with Gasteiger partial charge in [0.2, 0.25) is 0 Å². The van der Waals surface area contributed by atoms with Crippen molar-refractivity contribution in [2.75, 3.05) is 0 Å². The van der Waals surface area contributed by atoms with E-state index in [-0.39, 0.29) is 14.1 Å². The summed E-state index contributed by atoms with van der Waals surface area (Å²) in [6.07, 6.45) is 0. The summed E-state index contributed by atoms with van der Waals surface area (Å²) < 4.78 is 0. The molecule has 0 aliphatic carbocycles. The molecular formula is C6H15Al. The first-order chi connectivity index (χ1) is 3.35. The Hall–Kier alpha value is 0.532. The molecule has 0 radical (unpaired) electrons. The quantitative estimate of drug-likeness (QED) is 0.476. The molecule has 0 atom stereocenters. The van der Waals surface area contributed by atoms with Crippen LogP contribution in [0.2, 0.25) is 15.8 Å². The Kier molecular flexibility index (Phi) is 5.04. The van der Waals surface area contributed by atoms with E-state index < -0.39 is 0 Å². The average Bonchev–Trinajstić information content (AvgIpc) is 1.72. The first-order valence-electron chi connectivity index (χ1n) is 3.35. The van der Waals surface area contributed by atoms with Gasteiger partial charge in [0.15, 0.2) is 0 Å². The van der Waals surface area contributed by atoms with Gasteiger partial charge in [0.05, 0.1) is 0 Å². The summed E-state index contributed by atoms with van der Waals surface area (Å²) in [4.78, 5) is 0. The maximum atomic E-state index is 2.32. The number of hydrogen-bond donors (Lipinski definition) is 0. The predicted molar refractivity (Wildman–Crippen MR) is 37.2 cm³/mol. The minimum absolute atomic E-state index is 0.171. The van der Waals surface area contributed by atoms with Gasteiger partial charge in [-0.15, -0.1) is 0 Å². The molecule has 0 unspecified atom stereocenters. The van der Waals surface area contributed by atoms with Crippen LogP contribution in [0.1, 0.15) is 20.8 Å². The standard InChI is InChI=1S/3C2H5.Al/c3*1-2;/h3*1H2,2H3;/i;;;1-16. The van der Waals surface area contributed by atoms with E-state index in [0.29, 0.717) is 0 Å². The minimum atomic E-state index is -0.171. The molecule has 0 spiro atoms. The topological polar surface area (TPSA) is 0 Å². The largest absolute Gasteiger partial charge is 0.261 e. The van der Waals surface area contributed by atoms with Gasteiger partial charge in [0, 0.05) is 0 Å². The normalized spacial score (nSPS) is 9.00. The van der Waals surface area contributed by atoms with Crippen molar-refractivity contribution in [2.24, 2.45) is 0 Å². The lowest BCUT2D eigenvalue weighted by atomic mass is 9.55. The molecule has 0 rings (SSSR count). The van der Waals surface area contributed by atoms with Crippen LogP contribution in [0, 0.1) is 0 Å². The molecule has 0 aromatic carbocycles. The van der Waals surface area contributed by atoms with Crippen molar-refractivity contribution in [3.63, 3.8) is 0 Å². The van der Waals surface area contributed by atoms with Crippen molar-refractivity contribution >= 4 is 14.1 Å². The molecule has 7 heavy (non-hydrogen) atoms. The lowest BCUT2D eigenvalue weighted by molar-refractivity contribution is 1.24. The molecule has 0 saturated carbocycles. The summed E-state index contributed by atoms with van der Waals surface area (Å²) in [5.41, 5.74) is 0. The third-order valence-corrected chi connectivity index (χ3v) is 5.20. The Morgan fingerprint density at radius 1 is 0.857 bits per heavy atom. The van der Waals surface area contributed by atoms with Crippen molar-refractivity contribution < 1.29 is 0 Å². The Morgan fingerprint density at radius 2 is 1.14 bits per heavy atom. The lowest BCUT2D eigenvalue weighted by Crippen LogP contribution is -2.04. The summed E-state index contributed by atoms with van der Waals surface area (Å²) in [5.74, 6) is 0. The van der Waals surface area contributed by atoms with E-state index in [9.17, 15) is 0 Å². The first-order valence-corrected chi connectivity index (χ1v) is 5.80. The van der Waals surface area contributed by atoms with E-state index in [4.69, 9.17) is 0 Å². The zero-order valence-corrected chi connectivity index (χ0v) is 6.85. The summed E-state index contributed by atoms with van der Waals surface area (Å²) in [6, 6.07) is 0. The third-order valence-electron chi connectivity index (χ3n) is 1.73. The van der Waals surface area contributed by atoms with E-state index in [1.807, 2.05) is 0 Å². The Morgan fingerprint density at radius 3 is 1.14 bits per heavy atom. The number of rotatable bonds is 3. The van der Waals surface area contributed by atoms with Gasteiger partial charge in [-0.1, -0.05) is 36.6 Å².